The van der Waals surface area contributed by atoms with Crippen LogP contribution in [0.15, 0.2) is 29.5 Å². The zero-order chi connectivity index (χ0) is 22.1. The molecule has 0 bridgehead atoms. The van der Waals surface area contributed by atoms with Crippen molar-refractivity contribution in [2.24, 2.45) is 5.92 Å². The van der Waals surface area contributed by atoms with Crippen LogP contribution in [-0.4, -0.2) is 33.3 Å². The maximum absolute atomic E-state index is 13.0. The predicted molar refractivity (Wildman–Crippen MR) is 111 cm³/mol. The molecule has 1 N–H and O–H groups in total. The van der Waals surface area contributed by atoms with E-state index in [0.717, 1.165) is 44.4 Å². The van der Waals surface area contributed by atoms with Crippen molar-refractivity contribution in [2.45, 2.75) is 82.9 Å². The first-order chi connectivity index (χ1) is 14.1. The van der Waals surface area contributed by atoms with Gasteiger partial charge in [-0.3, -0.25) is 9.48 Å². The Morgan fingerprint density at radius 2 is 1.97 bits per heavy atom. The summed E-state index contributed by atoms with van der Waals surface area (Å²) in [4.78, 5) is 12.6. The Kier molecular flexibility index (Phi) is 7.00. The highest BCUT2D eigenvalue weighted by Gasteiger charge is 2.36. The van der Waals surface area contributed by atoms with Crippen LogP contribution in [0.25, 0.3) is 0 Å². The van der Waals surface area contributed by atoms with Gasteiger partial charge in [0, 0.05) is 23.9 Å². The number of aryl methyl sites for hydroxylation is 1. The molecule has 1 aromatic rings. The number of amides is 1. The summed E-state index contributed by atoms with van der Waals surface area (Å²) in [5, 5.41) is 6.69. The van der Waals surface area contributed by atoms with Gasteiger partial charge in [-0.15, -0.1) is 11.6 Å². The van der Waals surface area contributed by atoms with Crippen molar-refractivity contribution in [1.82, 2.24) is 15.1 Å². The van der Waals surface area contributed by atoms with Crippen molar-refractivity contribution in [2.75, 3.05) is 0 Å². The molecule has 2 aliphatic rings. The standard InChI is InChI=1S/C22H29ClF3N3O/c1-13(2)20-14(3)11-27-29(20)12-15-4-7-17(8-5-15)28-21(30)18-10-16(22(24,25)26)6-9-19(18)23/h6,10-11,13,15,17,19H,4-5,7-9,12H2,1-3H3,(H,28,30). The van der Waals surface area contributed by atoms with Gasteiger partial charge in [0.05, 0.1) is 17.1 Å². The maximum atomic E-state index is 13.0. The quantitative estimate of drug-likeness (QED) is 0.618. The van der Waals surface area contributed by atoms with Crippen molar-refractivity contribution in [3.63, 3.8) is 0 Å². The summed E-state index contributed by atoms with van der Waals surface area (Å²) in [6, 6.07) is -0.0392. The van der Waals surface area contributed by atoms with E-state index in [1.165, 1.54) is 11.3 Å². The lowest BCUT2D eigenvalue weighted by atomic mass is 9.85. The zero-order valence-corrected chi connectivity index (χ0v) is 18.4. The molecule has 1 heterocycles. The van der Waals surface area contributed by atoms with E-state index in [1.54, 1.807) is 0 Å². The molecule has 0 saturated heterocycles. The summed E-state index contributed by atoms with van der Waals surface area (Å²) in [5.74, 6) is 0.397. The summed E-state index contributed by atoms with van der Waals surface area (Å²) in [6.07, 6.45) is 2.86. The molecule has 166 valence electrons. The van der Waals surface area contributed by atoms with Crippen molar-refractivity contribution >= 4 is 17.5 Å². The first kappa shape index (κ1) is 22.9. The second-order valence-corrected chi connectivity index (χ2v) is 9.23. The van der Waals surface area contributed by atoms with Crippen LogP contribution in [0.1, 0.15) is 63.1 Å². The van der Waals surface area contributed by atoms with Crippen LogP contribution in [-0.2, 0) is 11.3 Å². The summed E-state index contributed by atoms with van der Waals surface area (Å²) >= 11 is 6.12. The van der Waals surface area contributed by atoms with Crippen LogP contribution in [0.4, 0.5) is 13.2 Å². The van der Waals surface area contributed by atoms with Crippen LogP contribution in [0.2, 0.25) is 0 Å². The van der Waals surface area contributed by atoms with Gasteiger partial charge in [-0.25, -0.2) is 0 Å². The molecule has 2 aliphatic carbocycles. The van der Waals surface area contributed by atoms with E-state index in [1.807, 2.05) is 6.20 Å². The Labute approximate surface area is 180 Å². The molecule has 1 fully saturated rings. The van der Waals surface area contributed by atoms with E-state index in [2.05, 4.69) is 35.9 Å². The number of allylic oxidation sites excluding steroid dienone is 3. The van der Waals surface area contributed by atoms with Gasteiger partial charge in [-0.1, -0.05) is 19.9 Å². The van der Waals surface area contributed by atoms with Crippen LogP contribution >= 0.6 is 11.6 Å². The molecule has 1 amide bonds. The van der Waals surface area contributed by atoms with E-state index in [9.17, 15) is 18.0 Å². The first-order valence-electron chi connectivity index (χ1n) is 10.5. The Hall–Kier alpha value is -1.76. The fourth-order valence-electron chi connectivity index (χ4n) is 4.47. The van der Waals surface area contributed by atoms with Gasteiger partial charge in [-0.05, 0) is 62.5 Å². The smallest absolute Gasteiger partial charge is 0.350 e. The fourth-order valence-corrected chi connectivity index (χ4v) is 4.72. The van der Waals surface area contributed by atoms with Gasteiger partial charge in [0.15, 0.2) is 0 Å². The number of carbonyl (C=O) groups excluding carboxylic acids is 1. The minimum atomic E-state index is -4.47. The average molecular weight is 444 g/mol. The van der Waals surface area contributed by atoms with Crippen molar-refractivity contribution in [3.05, 3.63) is 40.8 Å². The normalized spacial score (nSPS) is 25.1. The number of hydrogen-bond donors (Lipinski definition) is 1. The largest absolute Gasteiger partial charge is 0.416 e. The predicted octanol–water partition coefficient (Wildman–Crippen LogP) is 5.42. The van der Waals surface area contributed by atoms with Crippen molar-refractivity contribution in [1.29, 1.82) is 0 Å². The van der Waals surface area contributed by atoms with Gasteiger partial charge < -0.3 is 5.32 Å². The van der Waals surface area contributed by atoms with Crippen LogP contribution in [0.5, 0.6) is 0 Å². The molecule has 8 heteroatoms. The van der Waals surface area contributed by atoms with Crippen molar-refractivity contribution in [3.8, 4) is 0 Å². The maximum Gasteiger partial charge on any atom is 0.416 e. The van der Waals surface area contributed by atoms with Crippen LogP contribution in [0.3, 0.4) is 0 Å². The van der Waals surface area contributed by atoms with E-state index in [4.69, 9.17) is 11.6 Å². The third-order valence-electron chi connectivity index (χ3n) is 6.02. The summed E-state index contributed by atoms with van der Waals surface area (Å²) in [6.45, 7) is 7.26. The van der Waals surface area contributed by atoms with E-state index in [0.29, 0.717) is 11.8 Å². The van der Waals surface area contributed by atoms with Crippen molar-refractivity contribution < 1.29 is 18.0 Å². The highest BCUT2D eigenvalue weighted by Crippen LogP contribution is 2.34. The van der Waals surface area contributed by atoms with Crippen LogP contribution < -0.4 is 5.32 Å². The van der Waals surface area contributed by atoms with E-state index < -0.39 is 23.0 Å². The molecule has 3 rings (SSSR count). The number of rotatable bonds is 5. The second-order valence-electron chi connectivity index (χ2n) is 8.70. The number of carbonyl (C=O) groups is 1. The molecule has 4 nitrogen and oxygen atoms in total. The number of aromatic nitrogens is 2. The molecule has 0 spiro atoms. The molecule has 30 heavy (non-hydrogen) atoms. The van der Waals surface area contributed by atoms with Gasteiger partial charge in [-0.2, -0.15) is 18.3 Å². The number of nitrogens with one attached hydrogen (secondary N) is 1. The second kappa shape index (κ2) is 9.16. The van der Waals surface area contributed by atoms with Gasteiger partial charge in [0.25, 0.3) is 0 Å². The number of hydrogen-bond acceptors (Lipinski definition) is 2. The highest BCUT2D eigenvalue weighted by atomic mass is 35.5. The number of halogens is 4. The van der Waals surface area contributed by atoms with Crippen LogP contribution in [0, 0.1) is 12.8 Å². The molecule has 0 aromatic carbocycles. The molecule has 1 aromatic heterocycles. The lowest BCUT2D eigenvalue weighted by Gasteiger charge is -2.30. The Balaban J connectivity index is 1.55. The lowest BCUT2D eigenvalue weighted by Crippen LogP contribution is -2.40. The molecule has 1 atom stereocenters. The van der Waals surface area contributed by atoms with Gasteiger partial charge in [0.1, 0.15) is 0 Å². The average Bonchev–Trinajstić information content (AvgIpc) is 3.03. The summed E-state index contributed by atoms with van der Waals surface area (Å²) in [7, 11) is 0. The third kappa shape index (κ3) is 5.29. The van der Waals surface area contributed by atoms with E-state index in [-0.39, 0.29) is 18.0 Å². The Morgan fingerprint density at radius 3 is 2.57 bits per heavy atom. The SMILES string of the molecule is Cc1cnn(CC2CCC(NC(=O)C3=CC(C(F)(F)F)=CCC3Cl)CC2)c1C(C)C. The number of alkyl halides is 4. The molecule has 1 unspecified atom stereocenters. The molecule has 1 saturated carbocycles. The Morgan fingerprint density at radius 1 is 1.30 bits per heavy atom. The zero-order valence-electron chi connectivity index (χ0n) is 17.6. The lowest BCUT2D eigenvalue weighted by molar-refractivity contribution is -0.118. The molecular weight excluding hydrogens is 415 g/mol. The first-order valence-corrected chi connectivity index (χ1v) is 11.0. The minimum absolute atomic E-state index is 0.00204. The summed E-state index contributed by atoms with van der Waals surface area (Å²) in [5.41, 5.74) is 1.66. The highest BCUT2D eigenvalue weighted by molar-refractivity contribution is 6.26. The molecule has 0 radical (unpaired) electrons. The molecule has 0 aliphatic heterocycles. The minimum Gasteiger partial charge on any atom is -0.350 e. The summed E-state index contributed by atoms with van der Waals surface area (Å²) < 4.78 is 41.0. The fraction of sp³-hybridized carbons (Fsp3) is 0.636. The monoisotopic (exact) mass is 443 g/mol. The third-order valence-corrected chi connectivity index (χ3v) is 6.43. The van der Waals surface area contributed by atoms with E-state index >= 15 is 0 Å². The molecular formula is C22H29ClF3N3O. The number of nitrogens with zero attached hydrogens (tertiary/aromatic N) is 2. The topological polar surface area (TPSA) is 46.9 Å². The van der Waals surface area contributed by atoms with Gasteiger partial charge >= 0.3 is 6.18 Å². The Bertz CT molecular complexity index is 833. The van der Waals surface area contributed by atoms with Gasteiger partial charge in [0.2, 0.25) is 5.91 Å².